The Bertz CT molecular complexity index is 547. The van der Waals surface area contributed by atoms with Gasteiger partial charge in [-0.3, -0.25) is 0 Å². The van der Waals surface area contributed by atoms with Gasteiger partial charge in [0.15, 0.2) is 0 Å². The van der Waals surface area contributed by atoms with E-state index in [4.69, 9.17) is 4.43 Å². The van der Waals surface area contributed by atoms with Crippen molar-refractivity contribution in [2.75, 3.05) is 4.43 Å². The van der Waals surface area contributed by atoms with Crippen LogP contribution in [0.2, 0.25) is 6.04 Å². The summed E-state index contributed by atoms with van der Waals surface area (Å²) in [5.41, 5.74) is 0.0106. The summed E-state index contributed by atoms with van der Waals surface area (Å²) in [6.45, 7) is 2.28. The molecule has 1 aliphatic rings. The molecule has 3 rings (SSSR count). The Morgan fingerprint density at radius 3 is 2.00 bits per heavy atom. The van der Waals surface area contributed by atoms with Crippen molar-refractivity contribution >= 4 is 41.3 Å². The van der Waals surface area contributed by atoms with E-state index in [9.17, 15) is 0 Å². The Balaban J connectivity index is 2.12. The monoisotopic (exact) mass is 408 g/mol. The Labute approximate surface area is 142 Å². The summed E-state index contributed by atoms with van der Waals surface area (Å²) in [6.07, 6.45) is 2.43. The largest absolute Gasteiger partial charge is 0.402 e. The van der Waals surface area contributed by atoms with E-state index in [2.05, 4.69) is 90.2 Å². The van der Waals surface area contributed by atoms with Crippen LogP contribution in [0.4, 0.5) is 0 Å². The van der Waals surface area contributed by atoms with Crippen molar-refractivity contribution in [2.45, 2.75) is 31.4 Å². The van der Waals surface area contributed by atoms with Gasteiger partial charge in [-0.05, 0) is 29.8 Å². The van der Waals surface area contributed by atoms with Crippen LogP contribution in [0.25, 0.3) is 0 Å². The maximum absolute atomic E-state index is 6.91. The summed E-state index contributed by atoms with van der Waals surface area (Å²) < 4.78 is 7.97. The van der Waals surface area contributed by atoms with Crippen molar-refractivity contribution in [3.8, 4) is 0 Å². The normalized spacial score (nSPS) is 24.7. The maximum atomic E-state index is 6.91. The molecule has 3 heteroatoms. The van der Waals surface area contributed by atoms with E-state index in [0.29, 0.717) is 0 Å². The van der Waals surface area contributed by atoms with Crippen molar-refractivity contribution in [2.24, 2.45) is 0 Å². The van der Waals surface area contributed by atoms with E-state index < -0.39 is 8.32 Å². The zero-order valence-corrected chi connectivity index (χ0v) is 15.5. The number of benzene rings is 2. The Kier molecular flexibility index (Phi) is 4.52. The minimum atomic E-state index is -2.10. The first-order valence-electron chi connectivity index (χ1n) is 7.56. The summed E-state index contributed by atoms with van der Waals surface area (Å²) in [5, 5.41) is 2.82. The van der Waals surface area contributed by atoms with Gasteiger partial charge in [0.1, 0.15) is 0 Å². The lowest BCUT2D eigenvalue weighted by molar-refractivity contribution is 0.0852. The molecule has 0 aromatic heterocycles. The third kappa shape index (κ3) is 2.96. The second kappa shape index (κ2) is 6.22. The van der Waals surface area contributed by atoms with Crippen LogP contribution in [-0.2, 0) is 4.43 Å². The van der Waals surface area contributed by atoms with Crippen LogP contribution >= 0.6 is 22.6 Å². The van der Waals surface area contributed by atoms with E-state index in [1.807, 2.05) is 0 Å². The molecule has 110 valence electrons. The minimum Gasteiger partial charge on any atom is -0.402 e. The topological polar surface area (TPSA) is 9.23 Å². The Morgan fingerprint density at radius 1 is 1.00 bits per heavy atom. The molecule has 1 fully saturated rings. The first-order valence-corrected chi connectivity index (χ1v) is 11.2. The summed E-state index contributed by atoms with van der Waals surface area (Å²) in [6, 6.07) is 23.0. The summed E-state index contributed by atoms with van der Waals surface area (Å²) in [7, 11) is -2.10. The lowest BCUT2D eigenvalue weighted by Crippen LogP contribution is -2.66. The highest BCUT2D eigenvalue weighted by atomic mass is 127. The fraction of sp³-hybridized carbons (Fsp3) is 0.333. The van der Waals surface area contributed by atoms with Crippen molar-refractivity contribution in [3.63, 3.8) is 0 Å². The van der Waals surface area contributed by atoms with Gasteiger partial charge in [-0.2, -0.15) is 0 Å². The quantitative estimate of drug-likeness (QED) is 0.427. The lowest BCUT2D eigenvalue weighted by Gasteiger charge is -2.45. The standard InChI is InChI=1S/C18H21IOSi/c1-18(15-19)13-8-14-21(20-18,16-9-4-2-5-10-16)17-11-6-3-7-12-17/h2-7,9-12H,8,13-15H2,1H3. The molecule has 0 aliphatic carbocycles. The van der Waals surface area contributed by atoms with E-state index in [0.717, 1.165) is 4.43 Å². The molecule has 1 saturated heterocycles. The SMILES string of the molecule is CC1(CI)CCC[Si](c2ccccc2)(c2ccccc2)O1. The second-order valence-electron chi connectivity index (χ2n) is 6.10. The number of halogens is 1. The van der Waals surface area contributed by atoms with Gasteiger partial charge in [-0.25, -0.2) is 0 Å². The predicted molar refractivity (Wildman–Crippen MR) is 100 cm³/mol. The zero-order chi connectivity index (χ0) is 14.8. The Hall–Kier alpha value is -0.653. The third-order valence-corrected chi connectivity index (χ3v) is 10.5. The van der Waals surface area contributed by atoms with Gasteiger partial charge < -0.3 is 4.43 Å². The predicted octanol–water partition coefficient (Wildman–Crippen LogP) is 3.75. The van der Waals surface area contributed by atoms with E-state index >= 15 is 0 Å². The molecule has 2 aromatic carbocycles. The molecule has 0 saturated carbocycles. The molecule has 0 amide bonds. The van der Waals surface area contributed by atoms with Gasteiger partial charge in [0.05, 0.1) is 5.60 Å². The highest BCUT2D eigenvalue weighted by Crippen LogP contribution is 2.34. The van der Waals surface area contributed by atoms with Crippen molar-refractivity contribution in [1.82, 2.24) is 0 Å². The number of rotatable bonds is 3. The van der Waals surface area contributed by atoms with Crippen LogP contribution in [0.1, 0.15) is 19.8 Å². The smallest absolute Gasteiger partial charge is 0.256 e. The van der Waals surface area contributed by atoms with Gasteiger partial charge in [0.25, 0.3) is 8.32 Å². The van der Waals surface area contributed by atoms with Crippen molar-refractivity contribution in [1.29, 1.82) is 0 Å². The molecule has 1 heterocycles. The van der Waals surface area contributed by atoms with Gasteiger partial charge in [0, 0.05) is 4.43 Å². The molecule has 0 spiro atoms. The van der Waals surface area contributed by atoms with Crippen LogP contribution in [0.5, 0.6) is 0 Å². The molecule has 1 atom stereocenters. The number of alkyl halides is 1. The maximum Gasteiger partial charge on any atom is 0.256 e. The van der Waals surface area contributed by atoms with Gasteiger partial charge in [-0.15, -0.1) is 0 Å². The minimum absolute atomic E-state index is 0.0106. The summed E-state index contributed by atoms with van der Waals surface area (Å²) in [4.78, 5) is 0. The molecule has 1 nitrogen and oxygen atoms in total. The first kappa shape index (κ1) is 15.3. The average molecular weight is 408 g/mol. The molecule has 1 aliphatic heterocycles. The molecule has 2 aromatic rings. The molecule has 21 heavy (non-hydrogen) atoms. The fourth-order valence-electron chi connectivity index (χ4n) is 3.32. The zero-order valence-electron chi connectivity index (χ0n) is 12.4. The molecule has 0 radical (unpaired) electrons. The third-order valence-electron chi connectivity index (χ3n) is 4.42. The molecule has 0 bridgehead atoms. The number of hydrogen-bond acceptors (Lipinski definition) is 1. The van der Waals surface area contributed by atoms with Crippen LogP contribution in [0.3, 0.4) is 0 Å². The van der Waals surface area contributed by atoms with Crippen LogP contribution in [0.15, 0.2) is 60.7 Å². The molecule has 0 N–H and O–H groups in total. The highest BCUT2D eigenvalue weighted by molar-refractivity contribution is 14.1. The second-order valence-corrected chi connectivity index (χ2v) is 10.4. The first-order chi connectivity index (χ1) is 10.2. The van der Waals surface area contributed by atoms with Crippen LogP contribution in [-0.4, -0.2) is 18.3 Å². The molecular weight excluding hydrogens is 387 g/mol. The summed E-state index contributed by atoms with van der Waals surface area (Å²) >= 11 is 2.48. The highest BCUT2D eigenvalue weighted by Gasteiger charge is 2.47. The van der Waals surface area contributed by atoms with Crippen LogP contribution < -0.4 is 10.4 Å². The van der Waals surface area contributed by atoms with Gasteiger partial charge in [-0.1, -0.05) is 89.7 Å². The van der Waals surface area contributed by atoms with Gasteiger partial charge >= 0.3 is 0 Å². The Morgan fingerprint density at radius 2 is 1.52 bits per heavy atom. The average Bonchev–Trinajstić information content (AvgIpc) is 2.56. The van der Waals surface area contributed by atoms with Crippen LogP contribution in [0, 0.1) is 0 Å². The molecule has 1 unspecified atom stereocenters. The summed E-state index contributed by atoms with van der Waals surface area (Å²) in [5.74, 6) is 0. The number of hydrogen-bond donors (Lipinski definition) is 0. The van der Waals surface area contributed by atoms with E-state index in [1.54, 1.807) is 0 Å². The van der Waals surface area contributed by atoms with Crippen molar-refractivity contribution in [3.05, 3.63) is 60.7 Å². The fourth-order valence-corrected chi connectivity index (χ4v) is 8.55. The lowest BCUT2D eigenvalue weighted by atomic mass is 10.0. The van der Waals surface area contributed by atoms with E-state index in [1.165, 1.54) is 29.3 Å². The van der Waals surface area contributed by atoms with Crippen molar-refractivity contribution < 1.29 is 4.43 Å². The molecular formula is C18H21IOSi. The van der Waals surface area contributed by atoms with E-state index in [-0.39, 0.29) is 5.60 Å². The van der Waals surface area contributed by atoms with Gasteiger partial charge in [0.2, 0.25) is 0 Å².